The maximum absolute atomic E-state index is 12.7. The van der Waals surface area contributed by atoms with E-state index < -0.39 is 0 Å². The van der Waals surface area contributed by atoms with E-state index in [4.69, 9.17) is 4.74 Å². The highest BCUT2D eigenvalue weighted by atomic mass is 35.5. The van der Waals surface area contributed by atoms with Gasteiger partial charge in [-0.3, -0.25) is 4.79 Å². The van der Waals surface area contributed by atoms with Crippen molar-refractivity contribution in [3.63, 3.8) is 0 Å². The number of fused-ring (bicyclic) bond motifs is 1. The Morgan fingerprint density at radius 1 is 1.05 bits per heavy atom. The summed E-state index contributed by atoms with van der Waals surface area (Å²) in [5.41, 5.74) is 0. The lowest BCUT2D eigenvalue weighted by atomic mass is 9.68. The third-order valence-electron chi connectivity index (χ3n) is 5.59. The lowest BCUT2D eigenvalue weighted by Crippen LogP contribution is -2.52. The average Bonchev–Trinajstić information content (AvgIpc) is 2.63. The molecule has 4 nitrogen and oxygen atoms in total. The van der Waals surface area contributed by atoms with Crippen LogP contribution < -0.4 is 5.32 Å². The average molecular weight is 301 g/mol. The quantitative estimate of drug-likeness (QED) is 0.797. The van der Waals surface area contributed by atoms with E-state index in [9.17, 15) is 4.79 Å². The summed E-state index contributed by atoms with van der Waals surface area (Å²) in [5.74, 6) is 2.80. The van der Waals surface area contributed by atoms with Crippen LogP contribution in [0.5, 0.6) is 0 Å². The molecule has 2 saturated carbocycles. The minimum Gasteiger partial charge on any atom is -0.366 e. The standard InChI is InChI=1S/C15H24N2O2.ClH/c18-15(14-8-16-1-2-19-14)17-9-12-4-10-3-11(5-12)7-13(17)6-10;/h10-14,16H,1-9H2;1H. The van der Waals surface area contributed by atoms with E-state index in [1.807, 2.05) is 0 Å². The Balaban J connectivity index is 0.00000121. The van der Waals surface area contributed by atoms with Crippen LogP contribution in [0, 0.1) is 17.8 Å². The van der Waals surface area contributed by atoms with Crippen molar-refractivity contribution in [3.05, 3.63) is 0 Å². The Bertz CT molecular complexity index is 359. The predicted octanol–water partition coefficient (Wildman–Crippen LogP) is 1.43. The molecule has 3 atom stereocenters. The van der Waals surface area contributed by atoms with Crippen LogP contribution in [0.25, 0.3) is 0 Å². The number of nitrogens with one attached hydrogen (secondary N) is 1. The van der Waals surface area contributed by atoms with Crippen molar-refractivity contribution < 1.29 is 9.53 Å². The van der Waals surface area contributed by atoms with Gasteiger partial charge in [0.1, 0.15) is 6.10 Å². The molecule has 1 N–H and O–H groups in total. The maximum Gasteiger partial charge on any atom is 0.253 e. The summed E-state index contributed by atoms with van der Waals surface area (Å²) in [7, 11) is 0. The highest BCUT2D eigenvalue weighted by Gasteiger charge is 2.45. The molecule has 5 heteroatoms. The van der Waals surface area contributed by atoms with Gasteiger partial charge in [-0.1, -0.05) is 0 Å². The lowest BCUT2D eigenvalue weighted by molar-refractivity contribution is -0.148. The fraction of sp³-hybridized carbons (Fsp3) is 0.933. The van der Waals surface area contributed by atoms with E-state index in [1.165, 1.54) is 32.1 Å². The number of hydrogen-bond acceptors (Lipinski definition) is 3. The van der Waals surface area contributed by atoms with Gasteiger partial charge in [0.15, 0.2) is 0 Å². The van der Waals surface area contributed by atoms with Crippen LogP contribution >= 0.6 is 12.4 Å². The summed E-state index contributed by atoms with van der Waals surface area (Å²) in [6.45, 7) is 3.24. The molecular weight excluding hydrogens is 276 g/mol. The Kier molecular flexibility index (Phi) is 4.25. The molecule has 3 saturated heterocycles. The second-order valence-corrected chi connectivity index (χ2v) is 6.98. The fourth-order valence-corrected chi connectivity index (χ4v) is 4.96. The first-order valence-electron chi connectivity index (χ1n) is 7.92. The Hall–Kier alpha value is -0.320. The zero-order valence-electron chi connectivity index (χ0n) is 11.9. The molecule has 2 aliphatic carbocycles. The van der Waals surface area contributed by atoms with Crippen molar-refractivity contribution in [1.82, 2.24) is 10.2 Å². The third kappa shape index (κ3) is 2.58. The van der Waals surface area contributed by atoms with Crippen molar-refractivity contribution >= 4 is 18.3 Å². The van der Waals surface area contributed by atoms with Gasteiger partial charge in [-0.15, -0.1) is 12.4 Å². The maximum atomic E-state index is 12.7. The number of halogens is 1. The van der Waals surface area contributed by atoms with Crippen LogP contribution in [0.3, 0.4) is 0 Å². The van der Waals surface area contributed by atoms with Gasteiger partial charge in [0.25, 0.3) is 5.91 Å². The van der Waals surface area contributed by atoms with Gasteiger partial charge in [-0.25, -0.2) is 0 Å². The number of carbonyl (C=O) groups excluding carboxylic acids is 1. The van der Waals surface area contributed by atoms with Gasteiger partial charge in [0.2, 0.25) is 0 Å². The van der Waals surface area contributed by atoms with E-state index in [0.717, 1.165) is 30.8 Å². The Labute approximate surface area is 127 Å². The number of hydrogen-bond donors (Lipinski definition) is 1. The molecule has 1 amide bonds. The molecular formula is C15H25ClN2O2. The molecule has 3 heterocycles. The van der Waals surface area contributed by atoms with Crippen molar-refractivity contribution in [2.75, 3.05) is 26.2 Å². The molecule has 3 aliphatic heterocycles. The SMILES string of the molecule is Cl.O=C(C1CNCCO1)N1CC2CC3CC(C2)CC1C3. The molecule has 114 valence electrons. The van der Waals surface area contributed by atoms with Crippen LogP contribution in [-0.4, -0.2) is 49.2 Å². The summed E-state index contributed by atoms with van der Waals surface area (Å²) in [6, 6.07) is 0.509. The fourth-order valence-electron chi connectivity index (χ4n) is 4.96. The van der Waals surface area contributed by atoms with Crippen LogP contribution in [0.2, 0.25) is 0 Å². The lowest BCUT2D eigenvalue weighted by Gasteiger charge is -2.39. The summed E-state index contributed by atoms with van der Waals surface area (Å²) in [5, 5.41) is 3.28. The molecule has 0 aromatic heterocycles. The van der Waals surface area contributed by atoms with Gasteiger partial charge >= 0.3 is 0 Å². The van der Waals surface area contributed by atoms with E-state index in [0.29, 0.717) is 19.2 Å². The first kappa shape index (κ1) is 14.6. The zero-order valence-corrected chi connectivity index (χ0v) is 12.7. The van der Waals surface area contributed by atoms with Crippen molar-refractivity contribution in [1.29, 1.82) is 0 Å². The molecule has 3 unspecified atom stereocenters. The van der Waals surface area contributed by atoms with E-state index >= 15 is 0 Å². The zero-order chi connectivity index (χ0) is 12.8. The highest BCUT2D eigenvalue weighted by Crippen LogP contribution is 2.47. The summed E-state index contributed by atoms with van der Waals surface area (Å²) in [6.07, 6.45) is 6.42. The molecule has 0 aromatic carbocycles. The number of rotatable bonds is 1. The van der Waals surface area contributed by atoms with Crippen molar-refractivity contribution in [2.45, 2.75) is 44.2 Å². The summed E-state index contributed by atoms with van der Waals surface area (Å²) >= 11 is 0. The van der Waals surface area contributed by atoms with Crippen molar-refractivity contribution in [3.8, 4) is 0 Å². The molecule has 5 rings (SSSR count). The van der Waals surface area contributed by atoms with Gasteiger partial charge in [-0.05, 0) is 49.9 Å². The van der Waals surface area contributed by atoms with Gasteiger partial charge in [0, 0.05) is 25.7 Å². The first-order chi connectivity index (χ1) is 9.29. The smallest absolute Gasteiger partial charge is 0.253 e. The molecule has 4 bridgehead atoms. The molecule has 20 heavy (non-hydrogen) atoms. The number of nitrogens with zero attached hydrogens (tertiary/aromatic N) is 1. The normalized spacial score (nSPS) is 43.0. The van der Waals surface area contributed by atoms with E-state index in [1.54, 1.807) is 0 Å². The Morgan fingerprint density at radius 2 is 1.75 bits per heavy atom. The number of amides is 1. The monoisotopic (exact) mass is 300 g/mol. The minimum absolute atomic E-state index is 0. The summed E-state index contributed by atoms with van der Waals surface area (Å²) < 4.78 is 5.67. The van der Waals surface area contributed by atoms with Gasteiger partial charge < -0.3 is 15.0 Å². The first-order valence-corrected chi connectivity index (χ1v) is 7.92. The van der Waals surface area contributed by atoms with Crippen LogP contribution in [0.4, 0.5) is 0 Å². The second-order valence-electron chi connectivity index (χ2n) is 6.98. The Morgan fingerprint density at radius 3 is 2.40 bits per heavy atom. The number of carbonyl (C=O) groups is 1. The summed E-state index contributed by atoms with van der Waals surface area (Å²) in [4.78, 5) is 14.9. The predicted molar refractivity (Wildman–Crippen MR) is 78.9 cm³/mol. The number of morpholine rings is 1. The van der Waals surface area contributed by atoms with Gasteiger partial charge in [-0.2, -0.15) is 0 Å². The molecule has 5 aliphatic rings. The number of ether oxygens (including phenoxy) is 1. The van der Waals surface area contributed by atoms with Crippen LogP contribution in [-0.2, 0) is 9.53 Å². The molecule has 5 fully saturated rings. The van der Waals surface area contributed by atoms with Crippen LogP contribution in [0.1, 0.15) is 32.1 Å². The topological polar surface area (TPSA) is 41.6 Å². The van der Waals surface area contributed by atoms with E-state index in [-0.39, 0.29) is 24.4 Å². The van der Waals surface area contributed by atoms with Gasteiger partial charge in [0.05, 0.1) is 6.61 Å². The van der Waals surface area contributed by atoms with E-state index in [2.05, 4.69) is 10.2 Å². The highest BCUT2D eigenvalue weighted by molar-refractivity contribution is 5.85. The third-order valence-corrected chi connectivity index (χ3v) is 5.59. The minimum atomic E-state index is -0.232. The molecule has 0 aromatic rings. The largest absolute Gasteiger partial charge is 0.366 e. The second kappa shape index (κ2) is 5.82. The van der Waals surface area contributed by atoms with Crippen LogP contribution in [0.15, 0.2) is 0 Å². The van der Waals surface area contributed by atoms with Crippen molar-refractivity contribution in [2.24, 2.45) is 17.8 Å². The molecule has 0 radical (unpaired) electrons. The molecule has 0 spiro atoms.